The fraction of sp³-hybridized carbons (Fsp3) is 0.500. The molecule has 5 heteroatoms. The number of rotatable bonds is 5. The maximum Gasteiger partial charge on any atom is 0.127 e. The number of thiocarbonyl (C=S) groups is 1. The molecule has 94 valence electrons. The van der Waals surface area contributed by atoms with E-state index in [0.29, 0.717) is 11.0 Å². The first-order valence-electron chi connectivity index (χ1n) is 5.58. The van der Waals surface area contributed by atoms with Crippen LogP contribution >= 0.6 is 12.2 Å². The standard InChI is InChI=1S/C12H20N4S/c1-8-5-10(12(13)17)6-11(14-8)15-9(2)7-16(3)4/h5-6,9H,7H2,1-4H3,(H2,13,17)(H,14,15). The van der Waals surface area contributed by atoms with Gasteiger partial charge in [0.15, 0.2) is 0 Å². The lowest BCUT2D eigenvalue weighted by Gasteiger charge is -2.19. The van der Waals surface area contributed by atoms with Gasteiger partial charge < -0.3 is 16.0 Å². The highest BCUT2D eigenvalue weighted by molar-refractivity contribution is 7.80. The van der Waals surface area contributed by atoms with Gasteiger partial charge in [-0.15, -0.1) is 0 Å². The Morgan fingerprint density at radius 1 is 1.53 bits per heavy atom. The summed E-state index contributed by atoms with van der Waals surface area (Å²) in [5.74, 6) is 0.821. The van der Waals surface area contributed by atoms with Crippen LogP contribution in [0.5, 0.6) is 0 Å². The van der Waals surface area contributed by atoms with E-state index in [1.807, 2.05) is 33.2 Å². The van der Waals surface area contributed by atoms with Gasteiger partial charge in [-0.2, -0.15) is 0 Å². The van der Waals surface area contributed by atoms with Gasteiger partial charge in [-0.25, -0.2) is 4.98 Å². The average Bonchev–Trinajstić information content (AvgIpc) is 2.14. The summed E-state index contributed by atoms with van der Waals surface area (Å²) in [6, 6.07) is 4.10. The smallest absolute Gasteiger partial charge is 0.127 e. The van der Waals surface area contributed by atoms with Gasteiger partial charge in [0, 0.05) is 23.8 Å². The Bertz CT molecular complexity index is 403. The third-order valence-electron chi connectivity index (χ3n) is 2.27. The van der Waals surface area contributed by atoms with Crippen molar-refractivity contribution in [2.75, 3.05) is 26.0 Å². The fourth-order valence-corrected chi connectivity index (χ4v) is 1.85. The topological polar surface area (TPSA) is 54.2 Å². The summed E-state index contributed by atoms with van der Waals surface area (Å²) < 4.78 is 0. The molecular formula is C12H20N4S. The van der Waals surface area contributed by atoms with Gasteiger partial charge in [0.25, 0.3) is 0 Å². The first kappa shape index (κ1) is 13.9. The molecule has 0 aliphatic carbocycles. The number of hydrogen-bond acceptors (Lipinski definition) is 4. The number of likely N-dealkylation sites (N-methyl/N-ethyl adjacent to an activating group) is 1. The van der Waals surface area contributed by atoms with Gasteiger partial charge >= 0.3 is 0 Å². The molecule has 1 aromatic heterocycles. The molecule has 0 saturated carbocycles. The molecule has 0 spiro atoms. The lowest BCUT2D eigenvalue weighted by Crippen LogP contribution is -2.30. The summed E-state index contributed by atoms with van der Waals surface area (Å²) in [4.78, 5) is 6.95. The van der Waals surface area contributed by atoms with E-state index in [1.165, 1.54) is 0 Å². The van der Waals surface area contributed by atoms with Crippen LogP contribution in [0.25, 0.3) is 0 Å². The Morgan fingerprint density at radius 2 is 2.18 bits per heavy atom. The van der Waals surface area contributed by atoms with Crippen LogP contribution < -0.4 is 11.1 Å². The molecular weight excluding hydrogens is 232 g/mol. The predicted molar refractivity (Wildman–Crippen MR) is 76.5 cm³/mol. The Labute approximate surface area is 108 Å². The number of pyridine rings is 1. The van der Waals surface area contributed by atoms with Crippen molar-refractivity contribution in [1.82, 2.24) is 9.88 Å². The summed E-state index contributed by atoms with van der Waals surface area (Å²) in [5.41, 5.74) is 7.40. The van der Waals surface area contributed by atoms with E-state index in [9.17, 15) is 0 Å². The molecule has 0 amide bonds. The van der Waals surface area contributed by atoms with Crippen molar-refractivity contribution >= 4 is 23.0 Å². The molecule has 0 aromatic carbocycles. The Hall–Kier alpha value is -1.20. The zero-order valence-electron chi connectivity index (χ0n) is 10.8. The van der Waals surface area contributed by atoms with Crippen LogP contribution in [0.4, 0.5) is 5.82 Å². The summed E-state index contributed by atoms with van der Waals surface area (Å²) in [6.07, 6.45) is 0. The zero-order valence-corrected chi connectivity index (χ0v) is 11.6. The molecule has 0 aliphatic rings. The fourth-order valence-electron chi connectivity index (χ4n) is 1.73. The second-order valence-corrected chi connectivity index (χ2v) is 4.99. The average molecular weight is 252 g/mol. The largest absolute Gasteiger partial charge is 0.389 e. The van der Waals surface area contributed by atoms with Crippen molar-refractivity contribution in [3.05, 3.63) is 23.4 Å². The minimum atomic E-state index is 0.318. The van der Waals surface area contributed by atoms with E-state index in [1.54, 1.807) is 0 Å². The number of aromatic nitrogens is 1. The number of nitrogens with one attached hydrogen (secondary N) is 1. The SMILES string of the molecule is Cc1cc(C(N)=S)cc(NC(C)CN(C)C)n1. The van der Waals surface area contributed by atoms with Crippen molar-refractivity contribution in [3.8, 4) is 0 Å². The molecule has 3 N–H and O–H groups in total. The maximum absolute atomic E-state index is 5.63. The molecule has 1 rings (SSSR count). The normalized spacial score (nSPS) is 12.5. The predicted octanol–water partition coefficient (Wildman–Crippen LogP) is 1.39. The van der Waals surface area contributed by atoms with Gasteiger partial charge in [0.05, 0.1) is 0 Å². The van der Waals surface area contributed by atoms with Gasteiger partial charge in [0.2, 0.25) is 0 Å². The second kappa shape index (κ2) is 5.93. The number of hydrogen-bond donors (Lipinski definition) is 2. The highest BCUT2D eigenvalue weighted by Gasteiger charge is 2.07. The summed E-state index contributed by atoms with van der Waals surface area (Å²) in [5, 5.41) is 3.34. The lowest BCUT2D eigenvalue weighted by molar-refractivity contribution is 0.392. The Balaban J connectivity index is 2.80. The third kappa shape index (κ3) is 4.66. The maximum atomic E-state index is 5.63. The molecule has 1 unspecified atom stereocenters. The minimum Gasteiger partial charge on any atom is -0.389 e. The summed E-state index contributed by atoms with van der Waals surface area (Å²) in [6.45, 7) is 4.99. The molecule has 17 heavy (non-hydrogen) atoms. The zero-order chi connectivity index (χ0) is 13.0. The van der Waals surface area contributed by atoms with Crippen molar-refractivity contribution in [2.45, 2.75) is 19.9 Å². The van der Waals surface area contributed by atoms with Gasteiger partial charge in [-0.3, -0.25) is 0 Å². The van der Waals surface area contributed by atoms with Crippen LogP contribution in [-0.4, -0.2) is 41.6 Å². The molecule has 0 fully saturated rings. The molecule has 0 radical (unpaired) electrons. The number of aryl methyl sites for hydroxylation is 1. The van der Waals surface area contributed by atoms with E-state index in [0.717, 1.165) is 23.6 Å². The first-order valence-corrected chi connectivity index (χ1v) is 5.99. The highest BCUT2D eigenvalue weighted by atomic mass is 32.1. The molecule has 0 bridgehead atoms. The van der Waals surface area contributed by atoms with Crippen LogP contribution in [0, 0.1) is 6.92 Å². The van der Waals surface area contributed by atoms with Gasteiger partial charge in [0.1, 0.15) is 10.8 Å². The summed E-state index contributed by atoms with van der Waals surface area (Å²) in [7, 11) is 4.09. The van der Waals surface area contributed by atoms with E-state index < -0.39 is 0 Å². The Morgan fingerprint density at radius 3 is 2.71 bits per heavy atom. The van der Waals surface area contributed by atoms with E-state index in [2.05, 4.69) is 22.1 Å². The molecule has 0 saturated heterocycles. The summed E-state index contributed by atoms with van der Waals surface area (Å²) >= 11 is 4.98. The van der Waals surface area contributed by atoms with Crippen molar-refractivity contribution in [2.24, 2.45) is 5.73 Å². The third-order valence-corrected chi connectivity index (χ3v) is 2.51. The van der Waals surface area contributed by atoms with Gasteiger partial charge in [-0.1, -0.05) is 12.2 Å². The van der Waals surface area contributed by atoms with Gasteiger partial charge in [-0.05, 0) is 40.1 Å². The minimum absolute atomic E-state index is 0.318. The monoisotopic (exact) mass is 252 g/mol. The van der Waals surface area contributed by atoms with E-state index >= 15 is 0 Å². The highest BCUT2D eigenvalue weighted by Crippen LogP contribution is 2.11. The molecule has 1 atom stereocenters. The van der Waals surface area contributed by atoms with Crippen molar-refractivity contribution in [1.29, 1.82) is 0 Å². The Kier molecular flexibility index (Phi) is 4.84. The molecule has 1 heterocycles. The number of anilines is 1. The van der Waals surface area contributed by atoms with E-state index in [4.69, 9.17) is 18.0 Å². The second-order valence-electron chi connectivity index (χ2n) is 4.55. The van der Waals surface area contributed by atoms with Crippen molar-refractivity contribution < 1.29 is 0 Å². The van der Waals surface area contributed by atoms with Crippen LogP contribution in [0.15, 0.2) is 12.1 Å². The lowest BCUT2D eigenvalue weighted by atomic mass is 10.2. The molecule has 1 aromatic rings. The quantitative estimate of drug-likeness (QED) is 0.776. The number of nitrogens with zero attached hydrogens (tertiary/aromatic N) is 2. The first-order chi connectivity index (χ1) is 7.88. The van der Waals surface area contributed by atoms with Crippen LogP contribution in [0.3, 0.4) is 0 Å². The van der Waals surface area contributed by atoms with E-state index in [-0.39, 0.29) is 0 Å². The molecule has 4 nitrogen and oxygen atoms in total. The van der Waals surface area contributed by atoms with Crippen LogP contribution in [0.1, 0.15) is 18.2 Å². The van der Waals surface area contributed by atoms with Crippen LogP contribution in [-0.2, 0) is 0 Å². The van der Waals surface area contributed by atoms with Crippen LogP contribution in [0.2, 0.25) is 0 Å². The van der Waals surface area contributed by atoms with Crippen molar-refractivity contribution in [3.63, 3.8) is 0 Å². The number of nitrogens with two attached hydrogens (primary N) is 1. The molecule has 0 aliphatic heterocycles.